The molecule has 110 valence electrons. The van der Waals surface area contributed by atoms with Crippen LogP contribution in [-0.4, -0.2) is 29.6 Å². The van der Waals surface area contributed by atoms with Crippen LogP contribution in [0.2, 0.25) is 0 Å². The van der Waals surface area contributed by atoms with Crippen molar-refractivity contribution in [2.75, 3.05) is 18.8 Å². The van der Waals surface area contributed by atoms with Crippen LogP contribution in [0, 0.1) is 28.5 Å². The number of thioether (sulfide) groups is 1. The number of carbonyl (C=O) groups excluding carboxylic acids is 1. The molecular weight excluding hydrogens is 289 g/mol. The first kappa shape index (κ1) is 17.0. The fraction of sp³-hybridized carbons (Fsp3) is 0.400. The smallest absolute Gasteiger partial charge is 0.225 e. The van der Waals surface area contributed by atoms with Crippen LogP contribution in [0.3, 0.4) is 0 Å². The van der Waals surface area contributed by atoms with Gasteiger partial charge < -0.3 is 4.90 Å². The predicted octanol–water partition coefficient (Wildman–Crippen LogP) is 2.89. The number of amides is 1. The molecule has 1 amide bonds. The summed E-state index contributed by atoms with van der Waals surface area (Å²) < 4.78 is 13.6. The normalized spacial score (nSPS) is 11.2. The molecule has 1 unspecified atom stereocenters. The summed E-state index contributed by atoms with van der Waals surface area (Å²) in [6.07, 6.45) is 0.229. The van der Waals surface area contributed by atoms with Gasteiger partial charge in [0.05, 0.1) is 12.1 Å². The van der Waals surface area contributed by atoms with Gasteiger partial charge in [0.25, 0.3) is 0 Å². The van der Waals surface area contributed by atoms with Crippen molar-refractivity contribution in [2.45, 2.75) is 18.6 Å². The number of rotatable bonds is 7. The minimum absolute atomic E-state index is 0.0561. The Morgan fingerprint density at radius 2 is 1.95 bits per heavy atom. The Morgan fingerprint density at radius 1 is 1.33 bits per heavy atom. The van der Waals surface area contributed by atoms with Crippen LogP contribution >= 0.6 is 11.8 Å². The van der Waals surface area contributed by atoms with Crippen LogP contribution in [-0.2, 0) is 4.79 Å². The minimum Gasteiger partial charge on any atom is -0.316 e. The summed E-state index contributed by atoms with van der Waals surface area (Å²) in [6, 6.07) is 10.3. The van der Waals surface area contributed by atoms with Gasteiger partial charge >= 0.3 is 0 Å². The Hall–Kier alpha value is -2.05. The lowest BCUT2D eigenvalue weighted by molar-refractivity contribution is -0.129. The second kappa shape index (κ2) is 8.99. The van der Waals surface area contributed by atoms with Crippen molar-refractivity contribution in [2.24, 2.45) is 0 Å². The first-order valence-electron chi connectivity index (χ1n) is 6.47. The molecule has 0 fully saturated rings. The summed E-state index contributed by atoms with van der Waals surface area (Å²) in [5.74, 6) is 0.0348. The van der Waals surface area contributed by atoms with Gasteiger partial charge in [0, 0.05) is 23.0 Å². The molecule has 0 aromatic heterocycles. The van der Waals surface area contributed by atoms with E-state index in [-0.39, 0.29) is 36.5 Å². The van der Waals surface area contributed by atoms with Crippen LogP contribution < -0.4 is 0 Å². The summed E-state index contributed by atoms with van der Waals surface area (Å²) in [6.45, 7) is 1.72. The summed E-state index contributed by atoms with van der Waals surface area (Å²) in [5, 5.41) is 17.2. The lowest BCUT2D eigenvalue weighted by Gasteiger charge is -2.17. The van der Waals surface area contributed by atoms with Gasteiger partial charge in [-0.3, -0.25) is 4.79 Å². The van der Waals surface area contributed by atoms with E-state index in [1.54, 1.807) is 18.2 Å². The number of hydrogen-bond donors (Lipinski definition) is 0. The van der Waals surface area contributed by atoms with Crippen molar-refractivity contribution < 1.29 is 9.18 Å². The molecule has 0 saturated heterocycles. The van der Waals surface area contributed by atoms with Crippen molar-refractivity contribution >= 4 is 17.7 Å². The molecule has 6 heteroatoms. The molecule has 0 aliphatic carbocycles. The van der Waals surface area contributed by atoms with E-state index in [2.05, 4.69) is 0 Å². The van der Waals surface area contributed by atoms with E-state index in [1.807, 2.05) is 19.1 Å². The lowest BCUT2D eigenvalue weighted by atomic mass is 10.1. The van der Waals surface area contributed by atoms with Crippen LogP contribution in [0.4, 0.5) is 4.39 Å². The van der Waals surface area contributed by atoms with E-state index in [0.29, 0.717) is 11.3 Å². The maximum Gasteiger partial charge on any atom is 0.225 e. The van der Waals surface area contributed by atoms with Crippen molar-refractivity contribution in [3.05, 3.63) is 35.6 Å². The molecule has 0 aliphatic heterocycles. The van der Waals surface area contributed by atoms with E-state index in [4.69, 9.17) is 10.5 Å². The van der Waals surface area contributed by atoms with Crippen LogP contribution in [0.1, 0.15) is 24.2 Å². The maximum atomic E-state index is 13.6. The Bertz CT molecular complexity index is 549. The SMILES string of the molecule is CC(SCCC(=O)N(CC#N)CC#N)c1ccccc1F. The molecule has 1 aromatic rings. The van der Waals surface area contributed by atoms with Gasteiger partial charge in [-0.05, 0) is 13.0 Å². The molecule has 21 heavy (non-hydrogen) atoms. The highest BCUT2D eigenvalue weighted by Crippen LogP contribution is 2.30. The first-order chi connectivity index (χ1) is 10.1. The van der Waals surface area contributed by atoms with Gasteiger partial charge in [-0.1, -0.05) is 18.2 Å². The highest BCUT2D eigenvalue weighted by atomic mass is 32.2. The second-order valence-electron chi connectivity index (χ2n) is 4.35. The number of carbonyl (C=O) groups is 1. The van der Waals surface area contributed by atoms with Crippen LogP contribution in [0.25, 0.3) is 0 Å². The fourth-order valence-electron chi connectivity index (χ4n) is 1.78. The third-order valence-electron chi connectivity index (χ3n) is 2.90. The van der Waals surface area contributed by atoms with E-state index in [0.717, 1.165) is 0 Å². The molecule has 1 atom stereocenters. The molecule has 0 aliphatic rings. The Labute approximate surface area is 128 Å². The third kappa shape index (κ3) is 5.45. The molecule has 1 rings (SSSR count). The number of halogens is 1. The number of nitrogens with zero attached hydrogens (tertiary/aromatic N) is 3. The summed E-state index contributed by atoms with van der Waals surface area (Å²) in [4.78, 5) is 13.1. The van der Waals surface area contributed by atoms with Crippen molar-refractivity contribution in [1.82, 2.24) is 4.90 Å². The molecule has 0 radical (unpaired) electrons. The first-order valence-corrected chi connectivity index (χ1v) is 7.52. The Balaban J connectivity index is 2.46. The third-order valence-corrected chi connectivity index (χ3v) is 4.10. The van der Waals surface area contributed by atoms with Crippen molar-refractivity contribution in [3.8, 4) is 12.1 Å². The minimum atomic E-state index is -0.251. The van der Waals surface area contributed by atoms with Gasteiger partial charge in [-0.25, -0.2) is 4.39 Å². The fourth-order valence-corrected chi connectivity index (χ4v) is 2.80. The van der Waals surface area contributed by atoms with E-state index >= 15 is 0 Å². The summed E-state index contributed by atoms with van der Waals surface area (Å²) in [5.41, 5.74) is 0.612. The topological polar surface area (TPSA) is 67.9 Å². The average Bonchev–Trinajstić information content (AvgIpc) is 2.47. The highest BCUT2D eigenvalue weighted by Gasteiger charge is 2.15. The molecule has 0 N–H and O–H groups in total. The average molecular weight is 305 g/mol. The molecule has 1 aromatic carbocycles. The van der Waals surface area contributed by atoms with Crippen molar-refractivity contribution in [1.29, 1.82) is 10.5 Å². The van der Waals surface area contributed by atoms with Crippen LogP contribution in [0.5, 0.6) is 0 Å². The largest absolute Gasteiger partial charge is 0.316 e. The summed E-state index contributed by atoms with van der Waals surface area (Å²) in [7, 11) is 0. The van der Waals surface area contributed by atoms with Crippen molar-refractivity contribution in [3.63, 3.8) is 0 Å². The molecule has 0 spiro atoms. The zero-order chi connectivity index (χ0) is 15.7. The van der Waals surface area contributed by atoms with Gasteiger partial charge in [-0.2, -0.15) is 22.3 Å². The standard InChI is InChI=1S/C15H16FN3OS/c1-12(13-4-2-3-5-14(13)16)21-11-6-15(20)19(9-7-17)10-8-18/h2-5,12H,6,9-11H2,1H3. The molecule has 0 heterocycles. The molecule has 4 nitrogen and oxygen atoms in total. The van der Waals surface area contributed by atoms with E-state index < -0.39 is 0 Å². The predicted molar refractivity (Wildman–Crippen MR) is 79.7 cm³/mol. The second-order valence-corrected chi connectivity index (χ2v) is 5.80. The van der Waals surface area contributed by atoms with Crippen LogP contribution in [0.15, 0.2) is 24.3 Å². The number of nitriles is 2. The molecule has 0 bridgehead atoms. The summed E-state index contributed by atoms with van der Waals surface area (Å²) >= 11 is 1.47. The van der Waals surface area contributed by atoms with E-state index in [9.17, 15) is 9.18 Å². The van der Waals surface area contributed by atoms with Gasteiger partial charge in [-0.15, -0.1) is 0 Å². The zero-order valence-electron chi connectivity index (χ0n) is 11.8. The molecule has 0 saturated carbocycles. The number of hydrogen-bond acceptors (Lipinski definition) is 4. The monoisotopic (exact) mass is 305 g/mol. The quantitative estimate of drug-likeness (QED) is 0.726. The Kier molecular flexibility index (Phi) is 7.28. The highest BCUT2D eigenvalue weighted by molar-refractivity contribution is 7.99. The maximum absolute atomic E-state index is 13.6. The van der Waals surface area contributed by atoms with Gasteiger partial charge in [0.2, 0.25) is 5.91 Å². The zero-order valence-corrected chi connectivity index (χ0v) is 12.6. The lowest BCUT2D eigenvalue weighted by Crippen LogP contribution is -2.32. The van der Waals surface area contributed by atoms with Gasteiger partial charge in [0.15, 0.2) is 0 Å². The van der Waals surface area contributed by atoms with Gasteiger partial charge in [0.1, 0.15) is 18.9 Å². The Morgan fingerprint density at radius 3 is 2.52 bits per heavy atom. The number of benzene rings is 1. The van der Waals surface area contributed by atoms with E-state index in [1.165, 1.54) is 22.7 Å². The molecular formula is C15H16FN3OS.